The first kappa shape index (κ1) is 42.3. The van der Waals surface area contributed by atoms with Crippen molar-refractivity contribution in [2.45, 2.75) is 162 Å². The molecule has 0 bridgehead atoms. The first-order valence-corrected chi connectivity index (χ1v) is 18.4. The normalized spacial score (nSPS) is 14.3. The van der Waals surface area contributed by atoms with Gasteiger partial charge in [0, 0.05) is 13.2 Å². The van der Waals surface area contributed by atoms with Crippen molar-refractivity contribution in [1.29, 1.82) is 0 Å². The summed E-state index contributed by atoms with van der Waals surface area (Å²) in [6.07, 6.45) is 51.7. The predicted octanol–water partition coefficient (Wildman–Crippen LogP) is 12.5. The quantitative estimate of drug-likeness (QED) is 0.0429. The molecule has 0 aromatic carbocycles. The fourth-order valence-electron chi connectivity index (χ4n) is 4.92. The van der Waals surface area contributed by atoms with E-state index in [4.69, 9.17) is 9.47 Å². The summed E-state index contributed by atoms with van der Waals surface area (Å²) in [7, 11) is 4.17. The zero-order valence-electron chi connectivity index (χ0n) is 29.9. The van der Waals surface area contributed by atoms with Gasteiger partial charge < -0.3 is 9.47 Å². The molecule has 0 spiro atoms. The van der Waals surface area contributed by atoms with Gasteiger partial charge in [0.15, 0.2) is 0 Å². The van der Waals surface area contributed by atoms with E-state index in [0.29, 0.717) is 0 Å². The molecule has 0 radical (unpaired) electrons. The van der Waals surface area contributed by atoms with Crippen LogP contribution >= 0.6 is 0 Å². The van der Waals surface area contributed by atoms with Crippen molar-refractivity contribution in [3.8, 4) is 0 Å². The molecule has 3 heteroatoms. The highest BCUT2D eigenvalue weighted by molar-refractivity contribution is 4.98. The minimum Gasteiger partial charge on any atom is -0.374 e. The molecule has 44 heavy (non-hydrogen) atoms. The van der Waals surface area contributed by atoms with Crippen LogP contribution in [0.25, 0.3) is 0 Å². The summed E-state index contributed by atoms with van der Waals surface area (Å²) in [5, 5.41) is 0. The molecule has 0 aromatic heterocycles. The lowest BCUT2D eigenvalue weighted by Gasteiger charge is -2.30. The van der Waals surface area contributed by atoms with Gasteiger partial charge >= 0.3 is 0 Å². The molecule has 0 aliphatic rings. The topological polar surface area (TPSA) is 21.7 Å². The molecule has 0 amide bonds. The number of nitrogens with zero attached hydrogens (tertiary/aromatic N) is 1. The maximum Gasteiger partial charge on any atom is 0.136 e. The highest BCUT2D eigenvalue weighted by atomic mass is 16.5. The van der Waals surface area contributed by atoms with Crippen molar-refractivity contribution in [1.82, 2.24) is 4.90 Å². The van der Waals surface area contributed by atoms with Gasteiger partial charge in [0.25, 0.3) is 0 Å². The maximum atomic E-state index is 6.22. The molecule has 0 saturated heterocycles. The van der Waals surface area contributed by atoms with Gasteiger partial charge in [-0.25, -0.2) is 0 Å². The summed E-state index contributed by atoms with van der Waals surface area (Å²) in [4.78, 5) is 2.15. The van der Waals surface area contributed by atoms with Crippen molar-refractivity contribution in [2.24, 2.45) is 0 Å². The molecule has 0 rings (SSSR count). The van der Waals surface area contributed by atoms with E-state index in [1.54, 1.807) is 0 Å². The second-order valence-corrected chi connectivity index (χ2v) is 12.3. The number of allylic oxidation sites excluding steroid dienone is 12. The molecule has 0 heterocycles. The van der Waals surface area contributed by atoms with Crippen LogP contribution in [0, 0.1) is 0 Å². The Balaban J connectivity index is 3.74. The molecular weight excluding hydrogens is 538 g/mol. The summed E-state index contributed by atoms with van der Waals surface area (Å²) in [5.74, 6) is 0. The molecular formula is C41H73NO2. The smallest absolute Gasteiger partial charge is 0.136 e. The van der Waals surface area contributed by atoms with Crippen molar-refractivity contribution in [3.05, 3.63) is 72.9 Å². The highest BCUT2D eigenvalue weighted by Gasteiger charge is 2.20. The Morgan fingerprint density at radius 2 is 0.773 bits per heavy atom. The molecule has 0 aliphatic carbocycles. The summed E-state index contributed by atoms with van der Waals surface area (Å²) >= 11 is 0. The van der Waals surface area contributed by atoms with E-state index in [1.807, 2.05) is 0 Å². The first-order chi connectivity index (χ1) is 21.6. The maximum absolute atomic E-state index is 6.22. The first-order valence-electron chi connectivity index (χ1n) is 18.4. The zero-order valence-corrected chi connectivity index (χ0v) is 29.9. The Kier molecular flexibility index (Phi) is 34.4. The second-order valence-electron chi connectivity index (χ2n) is 12.3. The third kappa shape index (κ3) is 31.7. The largest absolute Gasteiger partial charge is 0.374 e. The lowest BCUT2D eigenvalue weighted by Crippen LogP contribution is -2.41. The summed E-state index contributed by atoms with van der Waals surface area (Å²) in [6, 6.07) is 0. The van der Waals surface area contributed by atoms with Gasteiger partial charge in [-0.05, 0) is 111 Å². The van der Waals surface area contributed by atoms with E-state index < -0.39 is 0 Å². The molecule has 254 valence electrons. The van der Waals surface area contributed by atoms with E-state index in [9.17, 15) is 0 Å². The molecule has 3 nitrogen and oxygen atoms in total. The van der Waals surface area contributed by atoms with E-state index >= 15 is 0 Å². The molecule has 2 unspecified atom stereocenters. The Morgan fingerprint density at radius 1 is 0.432 bits per heavy atom. The average molecular weight is 612 g/mol. The van der Waals surface area contributed by atoms with Gasteiger partial charge in [0.1, 0.15) is 6.23 Å². The van der Waals surface area contributed by atoms with Gasteiger partial charge in [0.2, 0.25) is 0 Å². The van der Waals surface area contributed by atoms with Crippen LogP contribution in [-0.2, 0) is 9.47 Å². The molecule has 0 N–H and O–H groups in total. The van der Waals surface area contributed by atoms with Crippen molar-refractivity contribution in [3.63, 3.8) is 0 Å². The lowest BCUT2D eigenvalue weighted by molar-refractivity contribution is -0.125. The van der Waals surface area contributed by atoms with Crippen LogP contribution in [0.3, 0.4) is 0 Å². The molecule has 0 fully saturated rings. The SMILES string of the molecule is CCCCCC=CCC=CCC=CCCCCCOC(C)C(OCCCCCC=CCC=CCC=CCCCCC)N(C)C. The number of unbranched alkanes of at least 4 members (excludes halogenated alkanes) is 12. The van der Waals surface area contributed by atoms with Crippen LogP contribution in [0.2, 0.25) is 0 Å². The third-order valence-corrected chi connectivity index (χ3v) is 7.65. The van der Waals surface area contributed by atoms with Gasteiger partial charge in [-0.2, -0.15) is 0 Å². The highest BCUT2D eigenvalue weighted by Crippen LogP contribution is 2.11. The average Bonchev–Trinajstić information content (AvgIpc) is 3.01. The molecule has 0 aliphatic heterocycles. The lowest BCUT2D eigenvalue weighted by atomic mass is 10.1. The number of hydrogen-bond donors (Lipinski definition) is 0. The zero-order chi connectivity index (χ0) is 32.2. The Hall–Kier alpha value is -1.68. The number of ether oxygens (including phenoxy) is 2. The monoisotopic (exact) mass is 612 g/mol. The molecule has 0 aromatic rings. The van der Waals surface area contributed by atoms with Crippen LogP contribution in [0.1, 0.15) is 149 Å². The Labute approximate surface area is 275 Å². The van der Waals surface area contributed by atoms with Gasteiger partial charge in [-0.3, -0.25) is 4.90 Å². The minimum atomic E-state index is 0.0143. The third-order valence-electron chi connectivity index (χ3n) is 7.65. The van der Waals surface area contributed by atoms with E-state index in [1.165, 1.54) is 77.0 Å². The predicted molar refractivity (Wildman–Crippen MR) is 197 cm³/mol. The molecule has 0 saturated carbocycles. The molecule has 2 atom stereocenters. The van der Waals surface area contributed by atoms with E-state index in [-0.39, 0.29) is 12.3 Å². The van der Waals surface area contributed by atoms with Crippen molar-refractivity contribution >= 4 is 0 Å². The van der Waals surface area contributed by atoms with E-state index in [0.717, 1.165) is 64.6 Å². The Morgan fingerprint density at radius 3 is 1.14 bits per heavy atom. The second kappa shape index (κ2) is 35.8. The summed E-state index contributed by atoms with van der Waals surface area (Å²) < 4.78 is 12.4. The van der Waals surface area contributed by atoms with Crippen LogP contribution in [0.5, 0.6) is 0 Å². The van der Waals surface area contributed by atoms with Gasteiger partial charge in [-0.15, -0.1) is 0 Å². The van der Waals surface area contributed by atoms with Crippen molar-refractivity contribution in [2.75, 3.05) is 27.3 Å². The van der Waals surface area contributed by atoms with Crippen LogP contribution in [0.4, 0.5) is 0 Å². The Bertz CT molecular complexity index is 746. The van der Waals surface area contributed by atoms with Gasteiger partial charge in [0.05, 0.1) is 6.10 Å². The fourth-order valence-corrected chi connectivity index (χ4v) is 4.92. The van der Waals surface area contributed by atoms with Crippen LogP contribution < -0.4 is 0 Å². The van der Waals surface area contributed by atoms with E-state index in [2.05, 4.69) is 113 Å². The number of hydrogen-bond acceptors (Lipinski definition) is 3. The standard InChI is InChI=1S/C41H73NO2/c1-6-8-10-12-14-16-18-20-22-24-26-28-30-32-34-36-38-43-40(3)41(42(4)5)44-39-37-35-33-31-29-27-25-23-21-19-17-15-13-11-9-7-2/h14-17,20-23,26-29,40-41H,6-13,18-19,24-25,30-39H2,1-5H3. The number of likely N-dealkylation sites (N-methyl/N-ethyl adjacent to an activating group) is 1. The minimum absolute atomic E-state index is 0.0143. The summed E-state index contributed by atoms with van der Waals surface area (Å²) in [5.41, 5.74) is 0. The van der Waals surface area contributed by atoms with Crippen LogP contribution in [0.15, 0.2) is 72.9 Å². The van der Waals surface area contributed by atoms with Crippen LogP contribution in [-0.4, -0.2) is 44.5 Å². The summed E-state index contributed by atoms with van der Waals surface area (Å²) in [6.45, 7) is 8.27. The van der Waals surface area contributed by atoms with Crippen molar-refractivity contribution < 1.29 is 9.47 Å². The number of rotatable bonds is 32. The fraction of sp³-hybridized carbons (Fsp3) is 0.707. The van der Waals surface area contributed by atoms with Gasteiger partial charge in [-0.1, -0.05) is 125 Å².